The lowest BCUT2D eigenvalue weighted by Crippen LogP contribution is -2.07. The van der Waals surface area contributed by atoms with Gasteiger partial charge in [-0.2, -0.15) is 0 Å². The smallest absolute Gasteiger partial charge is 0.139 e. The van der Waals surface area contributed by atoms with Crippen LogP contribution >= 0.6 is 0 Å². The summed E-state index contributed by atoms with van der Waals surface area (Å²) in [6.45, 7) is 3.94. The molecular formula is C13H22O. The molecule has 0 saturated heterocycles. The topological polar surface area (TPSA) is 17.1 Å². The second kappa shape index (κ2) is 5.33. The number of allylic oxidation sites excluding steroid dienone is 2. The Kier molecular flexibility index (Phi) is 4.37. The van der Waals surface area contributed by atoms with Crippen LogP contribution in [0, 0.1) is 5.41 Å². The molecule has 1 rings (SSSR count). The molecule has 14 heavy (non-hydrogen) atoms. The predicted octanol–water partition coefficient (Wildman–Crippen LogP) is 3.88. The van der Waals surface area contributed by atoms with Crippen LogP contribution in [0.15, 0.2) is 12.2 Å². The zero-order chi connectivity index (χ0) is 10.4. The molecule has 80 valence electrons. The highest BCUT2D eigenvalue weighted by Crippen LogP contribution is 2.47. The van der Waals surface area contributed by atoms with Crippen molar-refractivity contribution in [2.75, 3.05) is 0 Å². The number of hydrogen-bond donors (Lipinski definition) is 0. The minimum Gasteiger partial charge on any atom is -0.299 e. The Morgan fingerprint density at radius 2 is 2.00 bits per heavy atom. The second-order valence-corrected chi connectivity index (χ2v) is 4.46. The van der Waals surface area contributed by atoms with Crippen LogP contribution in [0.3, 0.4) is 0 Å². The first-order chi connectivity index (χ1) is 6.71. The number of Topliss-reactive ketones (excluding diaryl/α,β-unsaturated/α-hetero) is 1. The molecule has 0 spiro atoms. The van der Waals surface area contributed by atoms with Crippen LogP contribution in [0.2, 0.25) is 0 Å². The molecule has 0 bridgehead atoms. The van der Waals surface area contributed by atoms with E-state index in [2.05, 4.69) is 19.1 Å². The number of rotatable bonds is 7. The van der Waals surface area contributed by atoms with Gasteiger partial charge >= 0.3 is 0 Å². The van der Waals surface area contributed by atoms with E-state index < -0.39 is 0 Å². The highest BCUT2D eigenvalue weighted by atomic mass is 16.1. The molecule has 0 unspecified atom stereocenters. The van der Waals surface area contributed by atoms with Gasteiger partial charge in [0.25, 0.3) is 0 Å². The van der Waals surface area contributed by atoms with E-state index in [4.69, 9.17) is 0 Å². The summed E-state index contributed by atoms with van der Waals surface area (Å²) in [5.74, 6) is 0.349. The van der Waals surface area contributed by atoms with Crippen molar-refractivity contribution in [3.63, 3.8) is 0 Å². The van der Waals surface area contributed by atoms with Gasteiger partial charge in [0.1, 0.15) is 5.78 Å². The molecule has 0 atom stereocenters. The third-order valence-corrected chi connectivity index (χ3v) is 3.15. The number of unbranched alkanes of at least 4 members (excludes halogenated alkanes) is 4. The van der Waals surface area contributed by atoms with Crippen molar-refractivity contribution in [1.82, 2.24) is 0 Å². The van der Waals surface area contributed by atoms with Crippen molar-refractivity contribution in [2.45, 2.75) is 58.8 Å². The van der Waals surface area contributed by atoms with Crippen LogP contribution in [0.5, 0.6) is 0 Å². The van der Waals surface area contributed by atoms with Crippen LogP contribution in [-0.2, 0) is 4.79 Å². The fourth-order valence-corrected chi connectivity index (χ4v) is 1.77. The Morgan fingerprint density at radius 1 is 1.29 bits per heavy atom. The van der Waals surface area contributed by atoms with Gasteiger partial charge in [0.05, 0.1) is 0 Å². The Balaban J connectivity index is 2.12. The number of ketones is 1. The van der Waals surface area contributed by atoms with Crippen LogP contribution in [0.1, 0.15) is 58.8 Å². The van der Waals surface area contributed by atoms with Crippen molar-refractivity contribution >= 4 is 5.78 Å². The van der Waals surface area contributed by atoms with E-state index in [0.29, 0.717) is 5.78 Å². The Hall–Kier alpha value is -0.590. The molecule has 1 saturated carbocycles. The van der Waals surface area contributed by atoms with Gasteiger partial charge in [-0.05, 0) is 32.6 Å². The maximum atomic E-state index is 11.2. The molecule has 0 aliphatic heterocycles. The van der Waals surface area contributed by atoms with Crippen LogP contribution in [0.4, 0.5) is 0 Å². The van der Waals surface area contributed by atoms with Gasteiger partial charge in [0, 0.05) is 5.41 Å². The SMILES string of the molecule is CCCCCCC=CC1(C(C)=O)CC1. The standard InChI is InChI=1S/C13H22O/c1-3-4-5-6-7-8-9-13(10-11-13)12(2)14/h8-9H,3-7,10-11H2,1-2H3. The third-order valence-electron chi connectivity index (χ3n) is 3.15. The van der Waals surface area contributed by atoms with E-state index >= 15 is 0 Å². The lowest BCUT2D eigenvalue weighted by atomic mass is 10.0. The first-order valence-corrected chi connectivity index (χ1v) is 5.90. The first-order valence-electron chi connectivity index (χ1n) is 5.90. The average molecular weight is 194 g/mol. The fraction of sp³-hybridized carbons (Fsp3) is 0.769. The summed E-state index contributed by atoms with van der Waals surface area (Å²) in [5.41, 5.74) is -0.0231. The minimum atomic E-state index is -0.0231. The Bertz CT molecular complexity index is 211. The van der Waals surface area contributed by atoms with Gasteiger partial charge in [-0.3, -0.25) is 4.79 Å². The molecule has 1 aliphatic carbocycles. The Labute approximate surface area is 87.6 Å². The zero-order valence-electron chi connectivity index (χ0n) is 9.51. The van der Waals surface area contributed by atoms with Crippen molar-refractivity contribution < 1.29 is 4.79 Å². The van der Waals surface area contributed by atoms with Crippen molar-refractivity contribution in [3.8, 4) is 0 Å². The maximum Gasteiger partial charge on any atom is 0.139 e. The van der Waals surface area contributed by atoms with Crippen molar-refractivity contribution in [3.05, 3.63) is 12.2 Å². The summed E-state index contributed by atoms with van der Waals surface area (Å²) in [4.78, 5) is 11.2. The predicted molar refractivity (Wildman–Crippen MR) is 60.2 cm³/mol. The fourth-order valence-electron chi connectivity index (χ4n) is 1.77. The summed E-state index contributed by atoms with van der Waals surface area (Å²) in [5, 5.41) is 0. The molecule has 1 nitrogen and oxygen atoms in total. The highest BCUT2D eigenvalue weighted by molar-refractivity contribution is 5.87. The molecule has 0 amide bonds. The largest absolute Gasteiger partial charge is 0.299 e. The molecule has 0 N–H and O–H groups in total. The summed E-state index contributed by atoms with van der Waals surface area (Å²) in [6, 6.07) is 0. The molecular weight excluding hydrogens is 172 g/mol. The van der Waals surface area contributed by atoms with Crippen molar-refractivity contribution in [1.29, 1.82) is 0 Å². The first kappa shape index (κ1) is 11.5. The van der Waals surface area contributed by atoms with E-state index in [1.807, 2.05) is 0 Å². The van der Waals surface area contributed by atoms with Gasteiger partial charge in [-0.1, -0.05) is 38.3 Å². The molecule has 1 fully saturated rings. The van der Waals surface area contributed by atoms with Crippen LogP contribution in [0.25, 0.3) is 0 Å². The molecule has 1 aliphatic rings. The van der Waals surface area contributed by atoms with E-state index in [-0.39, 0.29) is 5.41 Å². The lowest BCUT2D eigenvalue weighted by Gasteiger charge is -2.02. The van der Waals surface area contributed by atoms with E-state index in [1.165, 1.54) is 25.7 Å². The molecule has 0 aromatic rings. The third kappa shape index (κ3) is 3.28. The summed E-state index contributed by atoms with van der Waals surface area (Å²) < 4.78 is 0. The van der Waals surface area contributed by atoms with Gasteiger partial charge in [-0.25, -0.2) is 0 Å². The Morgan fingerprint density at radius 3 is 2.50 bits per heavy atom. The molecule has 0 heterocycles. The van der Waals surface area contributed by atoms with E-state index in [0.717, 1.165) is 19.3 Å². The number of hydrogen-bond acceptors (Lipinski definition) is 1. The normalized spacial score (nSPS) is 18.7. The quantitative estimate of drug-likeness (QED) is 0.444. The second-order valence-electron chi connectivity index (χ2n) is 4.46. The molecule has 1 heteroatoms. The summed E-state index contributed by atoms with van der Waals surface area (Å²) in [7, 11) is 0. The van der Waals surface area contributed by atoms with Crippen molar-refractivity contribution in [2.24, 2.45) is 5.41 Å². The molecule has 0 aromatic heterocycles. The lowest BCUT2D eigenvalue weighted by molar-refractivity contribution is -0.120. The number of carbonyl (C=O) groups is 1. The number of carbonyl (C=O) groups excluding carboxylic acids is 1. The van der Waals surface area contributed by atoms with E-state index in [1.54, 1.807) is 6.92 Å². The minimum absolute atomic E-state index is 0.0231. The summed E-state index contributed by atoms with van der Waals surface area (Å²) in [6.07, 6.45) is 12.9. The zero-order valence-corrected chi connectivity index (χ0v) is 9.51. The monoisotopic (exact) mass is 194 g/mol. The van der Waals surface area contributed by atoms with Crippen LogP contribution in [-0.4, -0.2) is 5.78 Å². The average Bonchev–Trinajstić information content (AvgIpc) is 2.92. The molecule has 0 radical (unpaired) electrons. The maximum absolute atomic E-state index is 11.2. The molecule has 0 aromatic carbocycles. The van der Waals surface area contributed by atoms with Gasteiger partial charge < -0.3 is 0 Å². The van der Waals surface area contributed by atoms with Crippen LogP contribution < -0.4 is 0 Å². The highest BCUT2D eigenvalue weighted by Gasteiger charge is 2.44. The van der Waals surface area contributed by atoms with E-state index in [9.17, 15) is 4.79 Å². The summed E-state index contributed by atoms with van der Waals surface area (Å²) >= 11 is 0. The van der Waals surface area contributed by atoms with Gasteiger partial charge in [0.2, 0.25) is 0 Å². The van der Waals surface area contributed by atoms with Gasteiger partial charge in [-0.15, -0.1) is 0 Å². The van der Waals surface area contributed by atoms with Gasteiger partial charge in [0.15, 0.2) is 0 Å².